The zero-order chi connectivity index (χ0) is 6.85. The van der Waals surface area contributed by atoms with Gasteiger partial charge in [0.05, 0.1) is 0 Å². The predicted octanol–water partition coefficient (Wildman–Crippen LogP) is 3.83. The van der Waals surface area contributed by atoms with E-state index in [-0.39, 0.29) is 37.6 Å². The standard InChI is InChI=1S/C9H12.8FH/c1-7-4-8(2)6-9(3)5-7;;;;;;;;/h4-6H,1-3H3;8*1H. The van der Waals surface area contributed by atoms with E-state index >= 15 is 0 Å². The molecule has 0 unspecified atom stereocenters. The van der Waals surface area contributed by atoms with Gasteiger partial charge in [0.15, 0.2) is 0 Å². The second-order valence-electron chi connectivity index (χ2n) is 2.67. The van der Waals surface area contributed by atoms with Gasteiger partial charge < -0.3 is 0 Å². The normalized spacial score (nSPS) is 5.12. The summed E-state index contributed by atoms with van der Waals surface area (Å²) in [5.74, 6) is 0. The Morgan fingerprint density at radius 2 is 0.529 bits per heavy atom. The van der Waals surface area contributed by atoms with Crippen molar-refractivity contribution in [2.24, 2.45) is 0 Å². The highest BCUT2D eigenvalue weighted by molar-refractivity contribution is 5.27. The summed E-state index contributed by atoms with van der Waals surface area (Å²) in [6, 6.07) is 6.56. The minimum Gasteiger partial charge on any atom is -0.269 e. The Morgan fingerprint density at radius 1 is 0.412 bits per heavy atom. The van der Waals surface area contributed by atoms with E-state index in [0.717, 1.165) is 0 Å². The number of aryl methyl sites for hydroxylation is 3. The fourth-order valence-electron chi connectivity index (χ4n) is 1.20. The molecule has 17 heavy (non-hydrogen) atoms. The Labute approximate surface area is 94.4 Å². The maximum Gasteiger partial charge on any atom is -0.0398 e. The zero-order valence-corrected chi connectivity index (χ0v) is 9.50. The SMILES string of the molecule is Cc1cc(C)cc(C)c1.F.F.F.F.F.F.F.F. The van der Waals surface area contributed by atoms with Crippen LogP contribution in [0.3, 0.4) is 0 Å². The van der Waals surface area contributed by atoms with Gasteiger partial charge in [0.1, 0.15) is 0 Å². The van der Waals surface area contributed by atoms with Crippen molar-refractivity contribution < 1.29 is 37.6 Å². The van der Waals surface area contributed by atoms with E-state index in [2.05, 4.69) is 39.0 Å². The molecule has 0 saturated heterocycles. The molecule has 0 aliphatic heterocycles. The molecule has 0 aliphatic rings. The third-order valence-corrected chi connectivity index (χ3v) is 1.37. The van der Waals surface area contributed by atoms with Crippen LogP contribution in [-0.4, -0.2) is 0 Å². The molecule has 0 N–H and O–H groups in total. The number of hydrogen-bond donors (Lipinski definition) is 0. The van der Waals surface area contributed by atoms with Crippen LogP contribution in [0, 0.1) is 20.8 Å². The Bertz CT molecular complexity index is 178. The number of halogens is 8. The fourth-order valence-corrected chi connectivity index (χ4v) is 1.20. The van der Waals surface area contributed by atoms with Gasteiger partial charge in [-0.3, -0.25) is 37.6 Å². The Morgan fingerprint density at radius 3 is 0.647 bits per heavy atom. The molecule has 0 amide bonds. The van der Waals surface area contributed by atoms with Gasteiger partial charge >= 0.3 is 0 Å². The van der Waals surface area contributed by atoms with Crippen LogP contribution in [0.15, 0.2) is 18.2 Å². The summed E-state index contributed by atoms with van der Waals surface area (Å²) in [6.07, 6.45) is 0. The second kappa shape index (κ2) is 24.1. The molecule has 0 aliphatic carbocycles. The highest BCUT2D eigenvalue weighted by Crippen LogP contribution is 2.06. The molecule has 0 aromatic heterocycles. The molecule has 0 spiro atoms. The fraction of sp³-hybridized carbons (Fsp3) is 0.333. The van der Waals surface area contributed by atoms with Gasteiger partial charge in [-0.2, -0.15) is 0 Å². The van der Waals surface area contributed by atoms with Crippen LogP contribution in [-0.2, 0) is 0 Å². The van der Waals surface area contributed by atoms with Crippen molar-refractivity contribution in [2.75, 3.05) is 0 Å². The van der Waals surface area contributed by atoms with Crippen LogP contribution >= 0.6 is 0 Å². The minimum absolute atomic E-state index is 0. The molecule has 8 heteroatoms. The first kappa shape index (κ1) is 57.4. The summed E-state index contributed by atoms with van der Waals surface area (Å²) in [6.45, 7) is 6.38. The topological polar surface area (TPSA) is 0 Å². The predicted molar refractivity (Wildman–Crippen MR) is 60.7 cm³/mol. The lowest BCUT2D eigenvalue weighted by Crippen LogP contribution is -1.78. The van der Waals surface area contributed by atoms with Crippen LogP contribution < -0.4 is 0 Å². The summed E-state index contributed by atoms with van der Waals surface area (Å²) in [4.78, 5) is 0. The molecule has 0 radical (unpaired) electrons. The first-order chi connectivity index (χ1) is 4.18. The Hall–Kier alpha value is -1.34. The van der Waals surface area contributed by atoms with E-state index in [1.54, 1.807) is 0 Å². The van der Waals surface area contributed by atoms with Crippen molar-refractivity contribution in [1.29, 1.82) is 0 Å². The average Bonchev–Trinajstić information content (AvgIpc) is 1.59. The van der Waals surface area contributed by atoms with Gasteiger partial charge in [0.25, 0.3) is 0 Å². The number of benzene rings is 1. The van der Waals surface area contributed by atoms with Gasteiger partial charge in [-0.15, -0.1) is 0 Å². The molecule has 0 fully saturated rings. The maximum atomic E-state index is 2.19. The molecular formula is C9H20F8. The first-order valence-corrected chi connectivity index (χ1v) is 3.23. The highest BCUT2D eigenvalue weighted by atomic mass is 19.0. The van der Waals surface area contributed by atoms with E-state index in [1.807, 2.05) is 0 Å². The zero-order valence-electron chi connectivity index (χ0n) is 9.50. The summed E-state index contributed by atoms with van der Waals surface area (Å²) >= 11 is 0. The van der Waals surface area contributed by atoms with Crippen LogP contribution in [0.2, 0.25) is 0 Å². The number of hydrogen-bond acceptors (Lipinski definition) is 0. The van der Waals surface area contributed by atoms with Crippen molar-refractivity contribution >= 4 is 0 Å². The van der Waals surface area contributed by atoms with Gasteiger partial charge in [0.2, 0.25) is 0 Å². The van der Waals surface area contributed by atoms with Crippen LogP contribution in [0.25, 0.3) is 0 Å². The molecule has 0 atom stereocenters. The van der Waals surface area contributed by atoms with E-state index in [9.17, 15) is 0 Å². The minimum atomic E-state index is 0. The quantitative estimate of drug-likeness (QED) is 0.634. The van der Waals surface area contributed by atoms with Crippen molar-refractivity contribution in [3.8, 4) is 0 Å². The molecule has 0 heterocycles. The van der Waals surface area contributed by atoms with Crippen molar-refractivity contribution in [3.05, 3.63) is 34.9 Å². The lowest BCUT2D eigenvalue weighted by molar-refractivity contribution is 1.11. The monoisotopic (exact) mass is 280 g/mol. The molecular weight excluding hydrogens is 260 g/mol. The van der Waals surface area contributed by atoms with Crippen molar-refractivity contribution in [2.45, 2.75) is 20.8 Å². The van der Waals surface area contributed by atoms with Gasteiger partial charge in [-0.05, 0) is 20.8 Å². The number of rotatable bonds is 0. The molecule has 1 rings (SSSR count). The van der Waals surface area contributed by atoms with Gasteiger partial charge in [-0.1, -0.05) is 34.9 Å². The molecule has 0 bridgehead atoms. The van der Waals surface area contributed by atoms with Crippen LogP contribution in [0.5, 0.6) is 0 Å². The van der Waals surface area contributed by atoms with Gasteiger partial charge in [0, 0.05) is 0 Å². The summed E-state index contributed by atoms with van der Waals surface area (Å²) in [5, 5.41) is 0. The first-order valence-electron chi connectivity index (χ1n) is 3.23. The lowest BCUT2D eigenvalue weighted by Gasteiger charge is -1.96. The third-order valence-electron chi connectivity index (χ3n) is 1.37. The largest absolute Gasteiger partial charge is 0.269 e. The van der Waals surface area contributed by atoms with E-state index in [4.69, 9.17) is 0 Å². The smallest absolute Gasteiger partial charge is 0.0398 e. The second-order valence-corrected chi connectivity index (χ2v) is 2.67. The average molecular weight is 280 g/mol. The third kappa shape index (κ3) is 20.7. The molecule has 0 saturated carbocycles. The van der Waals surface area contributed by atoms with Crippen LogP contribution in [0.4, 0.5) is 37.6 Å². The molecule has 1 aromatic rings. The molecule has 0 nitrogen and oxygen atoms in total. The van der Waals surface area contributed by atoms with E-state index in [1.165, 1.54) is 16.7 Å². The highest BCUT2D eigenvalue weighted by Gasteiger charge is 1.87. The molecule has 1 aromatic carbocycles. The van der Waals surface area contributed by atoms with Crippen molar-refractivity contribution in [1.82, 2.24) is 0 Å². The lowest BCUT2D eigenvalue weighted by atomic mass is 10.1. The van der Waals surface area contributed by atoms with Gasteiger partial charge in [-0.25, -0.2) is 0 Å². The van der Waals surface area contributed by atoms with Crippen molar-refractivity contribution in [3.63, 3.8) is 0 Å². The van der Waals surface area contributed by atoms with Crippen LogP contribution in [0.1, 0.15) is 16.7 Å². The summed E-state index contributed by atoms with van der Waals surface area (Å²) in [5.41, 5.74) is 4.06. The molecule has 112 valence electrons. The Balaban J connectivity index is -0.0000000169. The van der Waals surface area contributed by atoms with E-state index < -0.39 is 0 Å². The Kier molecular flexibility index (Phi) is 81.2. The van der Waals surface area contributed by atoms with E-state index in [0.29, 0.717) is 0 Å². The summed E-state index contributed by atoms with van der Waals surface area (Å²) in [7, 11) is 0. The maximum absolute atomic E-state index is 2.19. The summed E-state index contributed by atoms with van der Waals surface area (Å²) < 4.78 is 0.